The standard InChI is InChI=1S/C14H15NO3/c1-9-8-18-10(2)13(9)14(17)15(3)11-4-6-12(16)7-5-11/h4-8,16H,1-3H3. The molecule has 4 nitrogen and oxygen atoms in total. The SMILES string of the molecule is Cc1coc(C)c1C(=O)N(C)c1ccc(O)cc1. The molecule has 1 N–H and O–H groups in total. The van der Waals surface area contributed by atoms with Gasteiger partial charge >= 0.3 is 0 Å². The Hall–Kier alpha value is -2.23. The van der Waals surface area contributed by atoms with E-state index in [2.05, 4.69) is 0 Å². The minimum atomic E-state index is -0.121. The van der Waals surface area contributed by atoms with Crippen molar-refractivity contribution in [3.8, 4) is 5.75 Å². The minimum absolute atomic E-state index is 0.121. The van der Waals surface area contributed by atoms with Crippen LogP contribution in [0.25, 0.3) is 0 Å². The number of benzene rings is 1. The maximum absolute atomic E-state index is 12.3. The summed E-state index contributed by atoms with van der Waals surface area (Å²) in [6, 6.07) is 6.48. The number of phenolic OH excluding ortho intramolecular Hbond substituents is 1. The minimum Gasteiger partial charge on any atom is -0.508 e. The number of carbonyl (C=O) groups excluding carboxylic acids is 1. The second-order valence-electron chi connectivity index (χ2n) is 4.23. The highest BCUT2D eigenvalue weighted by Crippen LogP contribution is 2.22. The van der Waals surface area contributed by atoms with E-state index in [0.717, 1.165) is 11.3 Å². The van der Waals surface area contributed by atoms with Crippen molar-refractivity contribution in [1.29, 1.82) is 0 Å². The molecule has 2 aromatic rings. The molecule has 0 fully saturated rings. The highest BCUT2D eigenvalue weighted by Gasteiger charge is 2.20. The molecule has 1 amide bonds. The van der Waals surface area contributed by atoms with Crippen LogP contribution in [0.5, 0.6) is 5.75 Å². The van der Waals surface area contributed by atoms with Gasteiger partial charge in [0.15, 0.2) is 0 Å². The van der Waals surface area contributed by atoms with Gasteiger partial charge in [0.05, 0.1) is 11.8 Å². The molecule has 0 bridgehead atoms. The third-order valence-electron chi connectivity index (χ3n) is 2.91. The van der Waals surface area contributed by atoms with E-state index in [1.807, 2.05) is 6.92 Å². The van der Waals surface area contributed by atoms with Gasteiger partial charge in [0.1, 0.15) is 11.5 Å². The zero-order chi connectivity index (χ0) is 13.3. The van der Waals surface area contributed by atoms with E-state index >= 15 is 0 Å². The first-order chi connectivity index (χ1) is 8.50. The van der Waals surface area contributed by atoms with Gasteiger partial charge in [-0.05, 0) is 38.1 Å². The van der Waals surface area contributed by atoms with Gasteiger partial charge in [-0.1, -0.05) is 0 Å². The van der Waals surface area contributed by atoms with Crippen LogP contribution in [-0.4, -0.2) is 18.1 Å². The summed E-state index contributed by atoms with van der Waals surface area (Å²) in [5, 5.41) is 9.23. The number of amides is 1. The summed E-state index contributed by atoms with van der Waals surface area (Å²) in [7, 11) is 1.70. The predicted molar refractivity (Wildman–Crippen MR) is 69.0 cm³/mol. The number of rotatable bonds is 2. The van der Waals surface area contributed by atoms with E-state index in [-0.39, 0.29) is 11.7 Å². The average molecular weight is 245 g/mol. The number of hydrogen-bond acceptors (Lipinski definition) is 3. The molecule has 18 heavy (non-hydrogen) atoms. The van der Waals surface area contributed by atoms with Crippen molar-refractivity contribution in [3.05, 3.63) is 47.4 Å². The third kappa shape index (κ3) is 2.09. The Kier molecular flexibility index (Phi) is 3.10. The van der Waals surface area contributed by atoms with E-state index in [0.29, 0.717) is 11.3 Å². The summed E-state index contributed by atoms with van der Waals surface area (Å²) in [6.07, 6.45) is 1.58. The Bertz CT molecular complexity index is 550. The van der Waals surface area contributed by atoms with Crippen molar-refractivity contribution in [2.45, 2.75) is 13.8 Å². The first-order valence-corrected chi connectivity index (χ1v) is 5.62. The van der Waals surface area contributed by atoms with Crippen molar-refractivity contribution in [2.75, 3.05) is 11.9 Å². The van der Waals surface area contributed by atoms with E-state index in [1.165, 1.54) is 4.90 Å². The fourth-order valence-corrected chi connectivity index (χ4v) is 1.85. The van der Waals surface area contributed by atoms with E-state index in [4.69, 9.17) is 4.42 Å². The monoisotopic (exact) mass is 245 g/mol. The fraction of sp³-hybridized carbons (Fsp3) is 0.214. The van der Waals surface area contributed by atoms with Gasteiger partial charge in [0.2, 0.25) is 0 Å². The van der Waals surface area contributed by atoms with Crippen LogP contribution < -0.4 is 4.90 Å². The van der Waals surface area contributed by atoms with Crippen molar-refractivity contribution < 1.29 is 14.3 Å². The predicted octanol–water partition coefficient (Wildman–Crippen LogP) is 2.88. The highest BCUT2D eigenvalue weighted by molar-refractivity contribution is 6.07. The number of phenols is 1. The third-order valence-corrected chi connectivity index (χ3v) is 2.91. The second-order valence-corrected chi connectivity index (χ2v) is 4.23. The van der Waals surface area contributed by atoms with E-state index in [9.17, 15) is 9.90 Å². The van der Waals surface area contributed by atoms with E-state index < -0.39 is 0 Å². The molecule has 0 saturated heterocycles. The van der Waals surface area contributed by atoms with Crippen LogP contribution >= 0.6 is 0 Å². The lowest BCUT2D eigenvalue weighted by Crippen LogP contribution is -2.26. The maximum Gasteiger partial charge on any atom is 0.261 e. The van der Waals surface area contributed by atoms with Crippen LogP contribution in [0.1, 0.15) is 21.7 Å². The Labute approximate surface area is 105 Å². The summed E-state index contributed by atoms with van der Waals surface area (Å²) in [5.74, 6) is 0.669. The van der Waals surface area contributed by atoms with Crippen LogP contribution in [0.4, 0.5) is 5.69 Å². The van der Waals surface area contributed by atoms with Crippen LogP contribution in [0.15, 0.2) is 34.9 Å². The average Bonchev–Trinajstić information content (AvgIpc) is 2.68. The van der Waals surface area contributed by atoms with Crippen molar-refractivity contribution >= 4 is 11.6 Å². The van der Waals surface area contributed by atoms with Gasteiger partial charge in [0.25, 0.3) is 5.91 Å². The molecule has 0 radical (unpaired) electrons. The molecule has 0 atom stereocenters. The molecule has 0 aliphatic carbocycles. The van der Waals surface area contributed by atoms with Gasteiger partial charge in [-0.2, -0.15) is 0 Å². The fourth-order valence-electron chi connectivity index (χ4n) is 1.85. The number of furan rings is 1. The summed E-state index contributed by atoms with van der Waals surface area (Å²) < 4.78 is 5.23. The molecule has 0 unspecified atom stereocenters. The molecule has 2 rings (SSSR count). The summed E-state index contributed by atoms with van der Waals surface area (Å²) in [5.41, 5.74) is 2.13. The molecule has 1 aromatic carbocycles. The van der Waals surface area contributed by atoms with Crippen LogP contribution in [0.2, 0.25) is 0 Å². The normalized spacial score (nSPS) is 10.4. The van der Waals surface area contributed by atoms with Gasteiger partial charge in [-0.25, -0.2) is 0 Å². The zero-order valence-corrected chi connectivity index (χ0v) is 10.6. The number of anilines is 1. The number of carbonyl (C=O) groups is 1. The second kappa shape index (κ2) is 4.56. The smallest absolute Gasteiger partial charge is 0.261 e. The molecule has 1 heterocycles. The van der Waals surface area contributed by atoms with Gasteiger partial charge in [-0.3, -0.25) is 4.79 Å². The quantitative estimate of drug-likeness (QED) is 0.885. The Morgan fingerprint density at radius 3 is 2.33 bits per heavy atom. The number of nitrogens with zero attached hydrogens (tertiary/aromatic N) is 1. The number of aromatic hydroxyl groups is 1. The van der Waals surface area contributed by atoms with Gasteiger partial charge < -0.3 is 14.4 Å². The topological polar surface area (TPSA) is 53.7 Å². The van der Waals surface area contributed by atoms with Gasteiger partial charge in [0, 0.05) is 18.3 Å². The molecule has 0 saturated carbocycles. The molecule has 0 aliphatic heterocycles. The first kappa shape index (κ1) is 12.2. The molecular weight excluding hydrogens is 230 g/mol. The van der Waals surface area contributed by atoms with E-state index in [1.54, 1.807) is 44.5 Å². The summed E-state index contributed by atoms with van der Waals surface area (Å²) in [4.78, 5) is 13.9. The Balaban J connectivity index is 2.32. The highest BCUT2D eigenvalue weighted by atomic mass is 16.3. The lowest BCUT2D eigenvalue weighted by molar-refractivity contribution is 0.0991. The molecule has 94 valence electrons. The lowest BCUT2D eigenvalue weighted by atomic mass is 10.1. The maximum atomic E-state index is 12.3. The zero-order valence-electron chi connectivity index (χ0n) is 10.6. The number of hydrogen-bond donors (Lipinski definition) is 1. The summed E-state index contributed by atoms with van der Waals surface area (Å²) >= 11 is 0. The van der Waals surface area contributed by atoms with Gasteiger partial charge in [-0.15, -0.1) is 0 Å². The van der Waals surface area contributed by atoms with Crippen molar-refractivity contribution in [3.63, 3.8) is 0 Å². The number of aryl methyl sites for hydroxylation is 2. The van der Waals surface area contributed by atoms with Crippen molar-refractivity contribution in [1.82, 2.24) is 0 Å². The first-order valence-electron chi connectivity index (χ1n) is 5.62. The molecular formula is C14H15NO3. The Morgan fingerprint density at radius 2 is 1.83 bits per heavy atom. The van der Waals surface area contributed by atoms with Crippen molar-refractivity contribution in [2.24, 2.45) is 0 Å². The molecule has 0 spiro atoms. The molecule has 4 heteroatoms. The summed E-state index contributed by atoms with van der Waals surface area (Å²) in [6.45, 7) is 3.61. The lowest BCUT2D eigenvalue weighted by Gasteiger charge is -2.17. The van der Waals surface area contributed by atoms with Crippen LogP contribution in [-0.2, 0) is 0 Å². The van der Waals surface area contributed by atoms with Crippen LogP contribution in [0, 0.1) is 13.8 Å². The Morgan fingerprint density at radius 1 is 1.22 bits per heavy atom. The molecule has 1 aromatic heterocycles. The van der Waals surface area contributed by atoms with Crippen LogP contribution in [0.3, 0.4) is 0 Å². The molecule has 0 aliphatic rings. The largest absolute Gasteiger partial charge is 0.508 e.